The summed E-state index contributed by atoms with van der Waals surface area (Å²) in [6.45, 7) is 1.20. The number of aliphatic hydroxyl groups excluding tert-OH is 1. The first-order valence-corrected chi connectivity index (χ1v) is 9.58. The SMILES string of the molecule is COc1ccc(C(O)CC2c3c(cc4c(c3OC)OCO4)CC[N+]2(C)C)cc1.[I-]. The van der Waals surface area contributed by atoms with Crippen LogP contribution in [0.3, 0.4) is 0 Å². The van der Waals surface area contributed by atoms with Gasteiger partial charge in [-0.2, -0.15) is 0 Å². The number of aliphatic hydroxyl groups is 1. The molecule has 158 valence electrons. The van der Waals surface area contributed by atoms with Crippen LogP contribution in [0, 0.1) is 0 Å². The monoisotopic (exact) mass is 513 g/mol. The summed E-state index contributed by atoms with van der Waals surface area (Å²) in [5.74, 6) is 2.94. The molecule has 2 heterocycles. The number of rotatable bonds is 5. The number of quaternary nitrogens is 1. The van der Waals surface area contributed by atoms with Gasteiger partial charge in [-0.1, -0.05) is 12.1 Å². The Morgan fingerprint density at radius 3 is 2.52 bits per heavy atom. The normalized spacial score (nSPS) is 19.7. The molecule has 0 aromatic heterocycles. The number of benzene rings is 2. The molecule has 29 heavy (non-hydrogen) atoms. The van der Waals surface area contributed by atoms with Crippen molar-refractivity contribution in [2.45, 2.75) is 25.0 Å². The molecule has 0 saturated carbocycles. The van der Waals surface area contributed by atoms with Gasteiger partial charge in [-0.3, -0.25) is 0 Å². The number of hydrogen-bond acceptors (Lipinski definition) is 5. The van der Waals surface area contributed by atoms with Gasteiger partial charge in [0, 0.05) is 12.8 Å². The fraction of sp³-hybridized carbons (Fsp3) is 0.455. The summed E-state index contributed by atoms with van der Waals surface area (Å²) in [7, 11) is 7.72. The Balaban J connectivity index is 0.00000240. The van der Waals surface area contributed by atoms with E-state index in [1.807, 2.05) is 24.3 Å². The van der Waals surface area contributed by atoms with Crippen molar-refractivity contribution in [3.8, 4) is 23.0 Å². The summed E-state index contributed by atoms with van der Waals surface area (Å²) in [5, 5.41) is 11.0. The van der Waals surface area contributed by atoms with E-state index >= 15 is 0 Å². The lowest BCUT2D eigenvalue weighted by molar-refractivity contribution is -0.924. The maximum Gasteiger partial charge on any atom is 0.231 e. The Bertz CT molecular complexity index is 868. The highest BCUT2D eigenvalue weighted by atomic mass is 127. The molecule has 0 fully saturated rings. The van der Waals surface area contributed by atoms with Crippen molar-refractivity contribution in [2.24, 2.45) is 0 Å². The largest absolute Gasteiger partial charge is 1.00 e. The number of hydrogen-bond donors (Lipinski definition) is 1. The molecule has 0 saturated heterocycles. The van der Waals surface area contributed by atoms with Crippen LogP contribution >= 0.6 is 0 Å². The van der Waals surface area contributed by atoms with Gasteiger partial charge < -0.3 is 52.5 Å². The summed E-state index contributed by atoms with van der Waals surface area (Å²) in [5.41, 5.74) is 3.22. The Morgan fingerprint density at radius 1 is 1.14 bits per heavy atom. The summed E-state index contributed by atoms with van der Waals surface area (Å²) >= 11 is 0. The van der Waals surface area contributed by atoms with Crippen LogP contribution < -0.4 is 42.9 Å². The van der Waals surface area contributed by atoms with Gasteiger partial charge in [-0.05, 0) is 29.3 Å². The van der Waals surface area contributed by atoms with Crippen molar-refractivity contribution in [1.29, 1.82) is 0 Å². The molecule has 2 atom stereocenters. The number of halogens is 1. The molecule has 0 bridgehead atoms. The molecular formula is C22H28INO5. The number of methoxy groups -OCH3 is 2. The Kier molecular flexibility index (Phi) is 6.50. The van der Waals surface area contributed by atoms with Crippen LogP contribution in [-0.4, -0.2) is 51.2 Å². The van der Waals surface area contributed by atoms with E-state index in [1.54, 1.807) is 14.2 Å². The zero-order valence-electron chi connectivity index (χ0n) is 17.3. The first-order valence-electron chi connectivity index (χ1n) is 9.58. The third-order valence-electron chi connectivity index (χ3n) is 6.03. The Morgan fingerprint density at radius 2 is 1.86 bits per heavy atom. The zero-order valence-corrected chi connectivity index (χ0v) is 19.4. The van der Waals surface area contributed by atoms with Crippen LogP contribution in [0.2, 0.25) is 0 Å². The van der Waals surface area contributed by atoms with E-state index < -0.39 is 6.10 Å². The maximum absolute atomic E-state index is 11.0. The molecule has 6 nitrogen and oxygen atoms in total. The van der Waals surface area contributed by atoms with Crippen LogP contribution in [0.25, 0.3) is 0 Å². The van der Waals surface area contributed by atoms with E-state index in [0.29, 0.717) is 12.2 Å². The second-order valence-electron chi connectivity index (χ2n) is 8.01. The van der Waals surface area contributed by atoms with Crippen molar-refractivity contribution < 1.29 is 52.5 Å². The van der Waals surface area contributed by atoms with E-state index in [4.69, 9.17) is 18.9 Å². The first-order chi connectivity index (χ1) is 13.4. The summed E-state index contributed by atoms with van der Waals surface area (Å²) < 4.78 is 23.1. The van der Waals surface area contributed by atoms with E-state index in [-0.39, 0.29) is 36.8 Å². The van der Waals surface area contributed by atoms with Gasteiger partial charge in [0.2, 0.25) is 12.5 Å². The van der Waals surface area contributed by atoms with Crippen molar-refractivity contribution in [1.82, 2.24) is 0 Å². The second kappa shape index (κ2) is 8.57. The van der Waals surface area contributed by atoms with E-state index in [0.717, 1.165) is 45.8 Å². The minimum atomic E-state index is -0.589. The van der Waals surface area contributed by atoms with Gasteiger partial charge in [0.05, 0.1) is 46.5 Å². The van der Waals surface area contributed by atoms with Gasteiger partial charge in [0.1, 0.15) is 11.8 Å². The summed E-state index contributed by atoms with van der Waals surface area (Å²) in [6, 6.07) is 9.75. The van der Waals surface area contributed by atoms with Crippen LogP contribution in [0.15, 0.2) is 30.3 Å². The van der Waals surface area contributed by atoms with Gasteiger partial charge in [0.25, 0.3) is 0 Å². The predicted octanol–water partition coefficient (Wildman–Crippen LogP) is 0.234. The molecule has 0 spiro atoms. The first kappa shape index (κ1) is 22.0. The zero-order chi connectivity index (χ0) is 19.9. The topological polar surface area (TPSA) is 57.2 Å². The molecule has 7 heteroatoms. The minimum Gasteiger partial charge on any atom is -1.00 e. The third kappa shape index (κ3) is 4.00. The van der Waals surface area contributed by atoms with Crippen LogP contribution in [0.5, 0.6) is 23.0 Å². The number of ether oxygens (including phenoxy) is 4. The molecule has 4 rings (SSSR count). The molecule has 0 aliphatic carbocycles. The molecule has 0 radical (unpaired) electrons. The number of likely N-dealkylation sites (N-methyl/N-ethyl adjacent to an activating group) is 1. The minimum absolute atomic E-state index is 0. The molecular weight excluding hydrogens is 485 g/mol. The van der Waals surface area contributed by atoms with Gasteiger partial charge in [-0.25, -0.2) is 0 Å². The van der Waals surface area contributed by atoms with Crippen LogP contribution in [0.1, 0.15) is 35.3 Å². The Labute approximate surface area is 188 Å². The summed E-state index contributed by atoms with van der Waals surface area (Å²) in [6.07, 6.45) is 0.932. The fourth-order valence-corrected chi connectivity index (χ4v) is 4.34. The quantitative estimate of drug-likeness (QED) is 0.459. The van der Waals surface area contributed by atoms with Crippen molar-refractivity contribution in [2.75, 3.05) is 41.7 Å². The van der Waals surface area contributed by atoms with Crippen molar-refractivity contribution in [3.05, 3.63) is 47.0 Å². The van der Waals surface area contributed by atoms with Gasteiger partial charge >= 0.3 is 0 Å². The molecule has 2 aromatic rings. The second-order valence-corrected chi connectivity index (χ2v) is 8.01. The lowest BCUT2D eigenvalue weighted by Gasteiger charge is -2.44. The lowest BCUT2D eigenvalue weighted by Crippen LogP contribution is -3.00. The van der Waals surface area contributed by atoms with Crippen molar-refractivity contribution in [3.63, 3.8) is 0 Å². The highest BCUT2D eigenvalue weighted by Crippen LogP contribution is 2.52. The maximum atomic E-state index is 11.0. The number of nitrogens with zero attached hydrogens (tertiary/aromatic N) is 1. The molecule has 2 aliphatic heterocycles. The molecule has 2 aromatic carbocycles. The number of fused-ring (bicyclic) bond motifs is 2. The van der Waals surface area contributed by atoms with E-state index in [2.05, 4.69) is 20.2 Å². The molecule has 2 aliphatic rings. The molecule has 0 amide bonds. The van der Waals surface area contributed by atoms with Crippen LogP contribution in [0.4, 0.5) is 0 Å². The smallest absolute Gasteiger partial charge is 0.231 e. The summed E-state index contributed by atoms with van der Waals surface area (Å²) in [4.78, 5) is 0. The predicted molar refractivity (Wildman–Crippen MR) is 105 cm³/mol. The third-order valence-corrected chi connectivity index (χ3v) is 6.03. The molecule has 2 unspecified atom stereocenters. The average Bonchev–Trinajstić information content (AvgIpc) is 3.16. The standard InChI is InChI=1S/C22H28NO5.HI/c1-23(2)10-9-15-11-19-21(28-13-27-19)22(26-4)20(15)17(23)12-18(24)14-5-7-16(25-3)8-6-14;/h5-8,11,17-18,24H,9-10,12-13H2,1-4H3;1H/q+1;/p-1. The lowest BCUT2D eigenvalue weighted by atomic mass is 9.85. The van der Waals surface area contributed by atoms with Crippen LogP contribution in [-0.2, 0) is 6.42 Å². The van der Waals surface area contributed by atoms with E-state index in [1.165, 1.54) is 5.56 Å². The fourth-order valence-electron chi connectivity index (χ4n) is 4.34. The van der Waals surface area contributed by atoms with Gasteiger partial charge in [-0.15, -0.1) is 0 Å². The van der Waals surface area contributed by atoms with Crippen molar-refractivity contribution >= 4 is 0 Å². The van der Waals surface area contributed by atoms with Gasteiger partial charge in [0.15, 0.2) is 11.5 Å². The average molecular weight is 513 g/mol. The highest BCUT2D eigenvalue weighted by molar-refractivity contribution is 5.61. The van der Waals surface area contributed by atoms with E-state index in [9.17, 15) is 5.11 Å². The highest BCUT2D eigenvalue weighted by Gasteiger charge is 2.42. The Hall–Kier alpha value is -1.71. The molecule has 1 N–H and O–H groups in total.